The van der Waals surface area contributed by atoms with Gasteiger partial charge in [-0.2, -0.15) is 0 Å². The Labute approximate surface area is 76.8 Å². The molecule has 0 atom stereocenters. The van der Waals surface area contributed by atoms with Crippen LogP contribution in [-0.4, -0.2) is 9.52 Å². The lowest BCUT2D eigenvalue weighted by molar-refractivity contribution is 1.36. The van der Waals surface area contributed by atoms with E-state index in [1.807, 2.05) is 0 Å². The lowest BCUT2D eigenvalue weighted by Crippen LogP contribution is -2.17. The number of hydrogen-bond acceptors (Lipinski definition) is 0. The van der Waals surface area contributed by atoms with Crippen LogP contribution in [0.5, 0.6) is 0 Å². The summed E-state index contributed by atoms with van der Waals surface area (Å²) >= 11 is 0. The van der Waals surface area contributed by atoms with E-state index < -0.39 is 0 Å². The Morgan fingerprint density at radius 3 is 2.83 bits per heavy atom. The van der Waals surface area contributed by atoms with Crippen LogP contribution in [0.2, 0.25) is 6.04 Å². The second-order valence-corrected chi connectivity index (χ2v) is 4.82. The SMILES string of the molecule is C#CC[SiH2]c1cccc(C)c1C. The highest BCUT2D eigenvalue weighted by Crippen LogP contribution is 2.02. The summed E-state index contributed by atoms with van der Waals surface area (Å²) in [6.45, 7) is 4.34. The highest BCUT2D eigenvalue weighted by molar-refractivity contribution is 6.54. The minimum Gasteiger partial charge on any atom is -0.120 e. The largest absolute Gasteiger partial charge is 0.120 e. The van der Waals surface area contributed by atoms with E-state index in [0.29, 0.717) is 0 Å². The second-order valence-electron chi connectivity index (χ2n) is 3.06. The normalized spacial score (nSPS) is 10.4. The molecule has 0 heterocycles. The molecule has 0 aliphatic heterocycles. The van der Waals surface area contributed by atoms with Gasteiger partial charge in [0, 0.05) is 6.04 Å². The lowest BCUT2D eigenvalue weighted by atomic mass is 10.1. The van der Waals surface area contributed by atoms with Crippen molar-refractivity contribution in [2.24, 2.45) is 0 Å². The molecule has 0 unspecified atom stereocenters. The van der Waals surface area contributed by atoms with Crippen LogP contribution in [-0.2, 0) is 0 Å². The summed E-state index contributed by atoms with van der Waals surface area (Å²) in [5.41, 5.74) is 2.83. The van der Waals surface area contributed by atoms with Crippen molar-refractivity contribution in [2.45, 2.75) is 19.9 Å². The van der Waals surface area contributed by atoms with Crippen molar-refractivity contribution in [3.05, 3.63) is 29.3 Å². The molecule has 0 amide bonds. The highest BCUT2D eigenvalue weighted by Gasteiger charge is 1.98. The van der Waals surface area contributed by atoms with Crippen molar-refractivity contribution in [3.8, 4) is 12.3 Å². The van der Waals surface area contributed by atoms with Crippen molar-refractivity contribution in [1.82, 2.24) is 0 Å². The lowest BCUT2D eigenvalue weighted by Gasteiger charge is -2.05. The van der Waals surface area contributed by atoms with E-state index in [1.54, 1.807) is 0 Å². The molecule has 0 bridgehead atoms. The summed E-state index contributed by atoms with van der Waals surface area (Å²) in [6, 6.07) is 7.47. The first-order valence-corrected chi connectivity index (χ1v) is 5.95. The minimum absolute atomic E-state index is 0.198. The monoisotopic (exact) mass is 174 g/mol. The zero-order valence-corrected chi connectivity index (χ0v) is 9.14. The molecule has 0 aliphatic rings. The first-order chi connectivity index (χ1) is 5.75. The van der Waals surface area contributed by atoms with Crippen LogP contribution in [0.25, 0.3) is 0 Å². The predicted octanol–water partition coefficient (Wildman–Crippen LogP) is 1.15. The summed E-state index contributed by atoms with van der Waals surface area (Å²) in [5.74, 6) is 2.72. The van der Waals surface area contributed by atoms with Gasteiger partial charge in [-0.25, -0.2) is 0 Å². The molecule has 0 aromatic heterocycles. The molecule has 0 spiro atoms. The zero-order chi connectivity index (χ0) is 8.97. The number of hydrogen-bond donors (Lipinski definition) is 0. The number of benzene rings is 1. The third-order valence-electron chi connectivity index (χ3n) is 2.26. The van der Waals surface area contributed by atoms with Gasteiger partial charge in [-0.1, -0.05) is 23.4 Å². The molecule has 0 aliphatic carbocycles. The van der Waals surface area contributed by atoms with Crippen LogP contribution in [0.4, 0.5) is 0 Å². The second kappa shape index (κ2) is 4.13. The highest BCUT2D eigenvalue weighted by atomic mass is 28.2. The maximum Gasteiger partial charge on any atom is 0.0682 e. The summed E-state index contributed by atoms with van der Waals surface area (Å²) in [7, 11) is -0.198. The molecule has 0 N–H and O–H groups in total. The Bertz CT molecular complexity index is 307. The fourth-order valence-corrected chi connectivity index (χ4v) is 2.66. The number of terminal acetylenes is 1. The average Bonchev–Trinajstić information content (AvgIpc) is 2.08. The van der Waals surface area contributed by atoms with E-state index in [0.717, 1.165) is 6.04 Å². The van der Waals surface area contributed by atoms with Gasteiger partial charge in [0.1, 0.15) is 0 Å². The molecule has 1 rings (SSSR count). The molecule has 0 saturated heterocycles. The topological polar surface area (TPSA) is 0 Å². The predicted molar refractivity (Wildman–Crippen MR) is 57.7 cm³/mol. The quantitative estimate of drug-likeness (QED) is 0.466. The van der Waals surface area contributed by atoms with Gasteiger partial charge in [-0.3, -0.25) is 0 Å². The molecule has 0 nitrogen and oxygen atoms in total. The summed E-state index contributed by atoms with van der Waals surface area (Å²) < 4.78 is 0. The molecular weight excluding hydrogens is 160 g/mol. The van der Waals surface area contributed by atoms with Crippen molar-refractivity contribution in [3.63, 3.8) is 0 Å². The number of aryl methyl sites for hydroxylation is 1. The molecule has 0 radical (unpaired) electrons. The third-order valence-corrected chi connectivity index (χ3v) is 4.10. The van der Waals surface area contributed by atoms with Crippen LogP contribution >= 0.6 is 0 Å². The van der Waals surface area contributed by atoms with E-state index in [9.17, 15) is 0 Å². The van der Waals surface area contributed by atoms with Gasteiger partial charge in [0.15, 0.2) is 0 Å². The Hall–Kier alpha value is -1.00. The molecule has 62 valence electrons. The van der Waals surface area contributed by atoms with Gasteiger partial charge >= 0.3 is 0 Å². The summed E-state index contributed by atoms with van der Waals surface area (Å²) in [6.07, 6.45) is 5.25. The molecule has 1 aromatic rings. The maximum absolute atomic E-state index is 5.25. The Morgan fingerprint density at radius 1 is 1.42 bits per heavy atom. The Morgan fingerprint density at radius 2 is 2.17 bits per heavy atom. The van der Waals surface area contributed by atoms with Crippen LogP contribution in [0.15, 0.2) is 18.2 Å². The zero-order valence-electron chi connectivity index (χ0n) is 7.72. The first-order valence-electron chi connectivity index (χ1n) is 4.24. The van der Waals surface area contributed by atoms with Crippen LogP contribution in [0.1, 0.15) is 11.1 Å². The van der Waals surface area contributed by atoms with E-state index in [1.165, 1.54) is 16.3 Å². The van der Waals surface area contributed by atoms with Gasteiger partial charge in [0.2, 0.25) is 0 Å². The molecular formula is C11H14Si. The molecule has 1 heteroatoms. The van der Waals surface area contributed by atoms with Crippen LogP contribution in [0.3, 0.4) is 0 Å². The van der Waals surface area contributed by atoms with Crippen molar-refractivity contribution in [1.29, 1.82) is 0 Å². The summed E-state index contributed by atoms with van der Waals surface area (Å²) in [5, 5.41) is 1.52. The Kier molecular flexibility index (Phi) is 3.13. The summed E-state index contributed by atoms with van der Waals surface area (Å²) in [4.78, 5) is 0. The van der Waals surface area contributed by atoms with Gasteiger partial charge in [0.05, 0.1) is 9.52 Å². The molecule has 0 saturated carbocycles. The minimum atomic E-state index is -0.198. The van der Waals surface area contributed by atoms with Crippen molar-refractivity contribution < 1.29 is 0 Å². The van der Waals surface area contributed by atoms with E-state index in [4.69, 9.17) is 6.42 Å². The van der Waals surface area contributed by atoms with E-state index in [-0.39, 0.29) is 9.52 Å². The van der Waals surface area contributed by atoms with Gasteiger partial charge < -0.3 is 0 Å². The van der Waals surface area contributed by atoms with Crippen LogP contribution in [0, 0.1) is 26.2 Å². The van der Waals surface area contributed by atoms with Gasteiger partial charge in [-0.15, -0.1) is 12.3 Å². The van der Waals surface area contributed by atoms with E-state index >= 15 is 0 Å². The van der Waals surface area contributed by atoms with Gasteiger partial charge in [0.25, 0.3) is 0 Å². The fraction of sp³-hybridized carbons (Fsp3) is 0.273. The van der Waals surface area contributed by atoms with E-state index in [2.05, 4.69) is 38.0 Å². The van der Waals surface area contributed by atoms with Crippen molar-refractivity contribution in [2.75, 3.05) is 0 Å². The first kappa shape index (κ1) is 9.09. The third kappa shape index (κ3) is 1.99. The van der Waals surface area contributed by atoms with Crippen LogP contribution < -0.4 is 5.19 Å². The van der Waals surface area contributed by atoms with Gasteiger partial charge in [-0.05, 0) is 25.0 Å². The molecule has 1 aromatic carbocycles. The fourth-order valence-electron chi connectivity index (χ4n) is 1.29. The molecule has 0 fully saturated rings. The average molecular weight is 174 g/mol. The maximum atomic E-state index is 5.25. The van der Waals surface area contributed by atoms with Crippen molar-refractivity contribution >= 4 is 14.7 Å². The smallest absolute Gasteiger partial charge is 0.0682 e. The number of rotatable bonds is 2. The Balaban J connectivity index is 2.86. The molecule has 12 heavy (non-hydrogen) atoms. The standard InChI is InChI=1S/C11H14Si/c1-4-8-12-11-7-5-6-9(2)10(11)3/h1,5-7H,8,12H2,2-3H3.